The Kier molecular flexibility index (Phi) is 3.10. The predicted molar refractivity (Wildman–Crippen MR) is 74.5 cm³/mol. The fraction of sp³-hybridized carbons (Fsp3) is 0.462. The van der Waals surface area contributed by atoms with Crippen molar-refractivity contribution in [2.45, 2.75) is 39.2 Å². The van der Waals surface area contributed by atoms with Gasteiger partial charge in [0.2, 0.25) is 5.91 Å². The van der Waals surface area contributed by atoms with E-state index in [9.17, 15) is 4.79 Å². The second kappa shape index (κ2) is 4.77. The number of nitrogens with zero attached hydrogens (tertiary/aromatic N) is 3. The van der Waals surface area contributed by atoms with Gasteiger partial charge in [0.25, 0.3) is 0 Å². The highest BCUT2D eigenvalue weighted by Gasteiger charge is 2.32. The summed E-state index contributed by atoms with van der Waals surface area (Å²) in [6.07, 6.45) is 3.36. The van der Waals surface area contributed by atoms with Gasteiger partial charge in [0.15, 0.2) is 5.82 Å². The van der Waals surface area contributed by atoms with Crippen LogP contribution in [-0.2, 0) is 11.3 Å². The summed E-state index contributed by atoms with van der Waals surface area (Å²) >= 11 is 1.42. The van der Waals surface area contributed by atoms with E-state index >= 15 is 0 Å². The third-order valence-corrected chi connectivity index (χ3v) is 4.14. The fourth-order valence-corrected chi connectivity index (χ4v) is 3.23. The summed E-state index contributed by atoms with van der Waals surface area (Å²) in [5, 5.41) is 9.42. The van der Waals surface area contributed by atoms with E-state index < -0.39 is 0 Å². The average molecular weight is 276 g/mol. The van der Waals surface area contributed by atoms with Gasteiger partial charge in [-0.05, 0) is 30.4 Å². The van der Waals surface area contributed by atoms with E-state index in [2.05, 4.69) is 28.6 Å². The van der Waals surface area contributed by atoms with Crippen LogP contribution in [0.25, 0.3) is 0 Å². The summed E-state index contributed by atoms with van der Waals surface area (Å²) in [4.78, 5) is 11.8. The summed E-state index contributed by atoms with van der Waals surface area (Å²) in [5.74, 6) is 0.844. The Morgan fingerprint density at radius 3 is 3.11 bits per heavy atom. The lowest BCUT2D eigenvalue weighted by atomic mass is 9.88. The fourth-order valence-electron chi connectivity index (χ4n) is 2.64. The molecule has 0 saturated heterocycles. The van der Waals surface area contributed by atoms with Crippen molar-refractivity contribution in [3.05, 3.63) is 28.4 Å². The zero-order valence-corrected chi connectivity index (χ0v) is 11.8. The van der Waals surface area contributed by atoms with E-state index in [-0.39, 0.29) is 11.8 Å². The Labute approximate surface area is 115 Å². The molecular formula is C13H16N4OS. The van der Waals surface area contributed by atoms with E-state index in [1.165, 1.54) is 11.5 Å². The standard InChI is InChI=1S/C13H16N4OS/c1-3-4-17-8(2)12-10(9-6-14-19-7-9)5-11(18)15-13(12)16-17/h6-7,10H,3-5H2,1-2H3,(H,15,16,18). The molecule has 1 atom stereocenters. The summed E-state index contributed by atoms with van der Waals surface area (Å²) in [5.41, 5.74) is 3.40. The van der Waals surface area contributed by atoms with Gasteiger partial charge >= 0.3 is 0 Å². The molecule has 1 aliphatic heterocycles. The van der Waals surface area contributed by atoms with E-state index in [1.54, 1.807) is 0 Å². The lowest BCUT2D eigenvalue weighted by Gasteiger charge is -2.21. The van der Waals surface area contributed by atoms with Crippen LogP contribution in [0.2, 0.25) is 0 Å². The Bertz CT molecular complexity index is 602. The van der Waals surface area contributed by atoms with Crippen LogP contribution < -0.4 is 5.32 Å². The number of aromatic nitrogens is 3. The Balaban J connectivity index is 2.09. The van der Waals surface area contributed by atoms with Gasteiger partial charge in [-0.15, -0.1) is 0 Å². The molecule has 5 nitrogen and oxygen atoms in total. The molecule has 6 heteroatoms. The largest absolute Gasteiger partial charge is 0.309 e. The van der Waals surface area contributed by atoms with E-state index in [0.717, 1.165) is 35.6 Å². The van der Waals surface area contributed by atoms with Crippen molar-refractivity contribution in [2.24, 2.45) is 0 Å². The van der Waals surface area contributed by atoms with Crippen molar-refractivity contribution in [1.29, 1.82) is 0 Å². The molecule has 19 heavy (non-hydrogen) atoms. The predicted octanol–water partition coefficient (Wildman–Crippen LogP) is 2.53. The lowest BCUT2D eigenvalue weighted by Crippen LogP contribution is -2.23. The molecule has 1 N–H and O–H groups in total. The molecule has 0 saturated carbocycles. The van der Waals surface area contributed by atoms with E-state index in [1.807, 2.05) is 16.3 Å². The highest BCUT2D eigenvalue weighted by atomic mass is 32.1. The molecule has 1 aliphatic rings. The highest BCUT2D eigenvalue weighted by Crippen LogP contribution is 2.38. The molecule has 2 aromatic heterocycles. The van der Waals surface area contributed by atoms with Gasteiger partial charge in [0.05, 0.1) is 0 Å². The first-order valence-corrected chi connectivity index (χ1v) is 7.30. The number of anilines is 1. The molecule has 0 aromatic carbocycles. The minimum Gasteiger partial charge on any atom is -0.309 e. The Hall–Kier alpha value is -1.69. The highest BCUT2D eigenvalue weighted by molar-refractivity contribution is 7.03. The van der Waals surface area contributed by atoms with Crippen LogP contribution in [0.1, 0.15) is 42.5 Å². The van der Waals surface area contributed by atoms with Gasteiger partial charge in [-0.25, -0.2) is 4.37 Å². The first kappa shape index (κ1) is 12.3. The quantitative estimate of drug-likeness (QED) is 0.937. The topological polar surface area (TPSA) is 59.8 Å². The molecule has 0 fully saturated rings. The number of rotatable bonds is 3. The third kappa shape index (κ3) is 2.06. The first-order chi connectivity index (χ1) is 9.20. The monoisotopic (exact) mass is 276 g/mol. The minimum atomic E-state index is 0.0323. The number of aryl methyl sites for hydroxylation is 1. The van der Waals surface area contributed by atoms with Crippen molar-refractivity contribution >= 4 is 23.3 Å². The second-order valence-corrected chi connectivity index (χ2v) is 5.49. The maximum Gasteiger partial charge on any atom is 0.226 e. The average Bonchev–Trinajstić information content (AvgIpc) is 2.99. The minimum absolute atomic E-state index is 0.0323. The molecule has 1 unspecified atom stereocenters. The Morgan fingerprint density at radius 2 is 2.42 bits per heavy atom. The van der Waals surface area contributed by atoms with Crippen molar-refractivity contribution in [2.75, 3.05) is 5.32 Å². The number of carbonyl (C=O) groups excluding carboxylic acids is 1. The molecular weight excluding hydrogens is 260 g/mol. The van der Waals surface area contributed by atoms with Crippen LogP contribution in [0.5, 0.6) is 0 Å². The maximum atomic E-state index is 11.8. The molecule has 100 valence electrons. The van der Waals surface area contributed by atoms with Crippen molar-refractivity contribution < 1.29 is 4.79 Å². The zero-order chi connectivity index (χ0) is 13.4. The van der Waals surface area contributed by atoms with Gasteiger partial charge in [-0.1, -0.05) is 6.92 Å². The van der Waals surface area contributed by atoms with Crippen molar-refractivity contribution in [1.82, 2.24) is 14.2 Å². The van der Waals surface area contributed by atoms with Gasteiger partial charge in [-0.2, -0.15) is 5.10 Å². The van der Waals surface area contributed by atoms with Crippen LogP contribution in [-0.4, -0.2) is 20.1 Å². The summed E-state index contributed by atoms with van der Waals surface area (Å²) in [7, 11) is 0. The molecule has 3 rings (SSSR count). The summed E-state index contributed by atoms with van der Waals surface area (Å²) in [6.45, 7) is 5.08. The molecule has 0 aliphatic carbocycles. The van der Waals surface area contributed by atoms with Crippen LogP contribution in [0, 0.1) is 6.92 Å². The van der Waals surface area contributed by atoms with Gasteiger partial charge < -0.3 is 5.32 Å². The molecule has 0 bridgehead atoms. The van der Waals surface area contributed by atoms with Crippen LogP contribution in [0.15, 0.2) is 11.6 Å². The SMILES string of the molecule is CCCn1nc2c(c1C)C(c1cnsc1)CC(=O)N2. The lowest BCUT2D eigenvalue weighted by molar-refractivity contribution is -0.116. The molecule has 1 amide bonds. The molecule has 0 spiro atoms. The van der Waals surface area contributed by atoms with Crippen molar-refractivity contribution in [3.63, 3.8) is 0 Å². The van der Waals surface area contributed by atoms with E-state index in [0.29, 0.717) is 6.42 Å². The first-order valence-electron chi connectivity index (χ1n) is 6.47. The number of fused-ring (bicyclic) bond motifs is 1. The van der Waals surface area contributed by atoms with E-state index in [4.69, 9.17) is 0 Å². The van der Waals surface area contributed by atoms with Crippen molar-refractivity contribution in [3.8, 4) is 0 Å². The Morgan fingerprint density at radius 1 is 1.58 bits per heavy atom. The second-order valence-electron chi connectivity index (χ2n) is 4.83. The summed E-state index contributed by atoms with van der Waals surface area (Å²) in [6, 6.07) is 0. The number of hydrogen-bond acceptors (Lipinski definition) is 4. The number of carbonyl (C=O) groups is 1. The molecule has 0 radical (unpaired) electrons. The third-order valence-electron chi connectivity index (χ3n) is 3.54. The molecule has 3 heterocycles. The van der Waals surface area contributed by atoms with Crippen LogP contribution >= 0.6 is 11.5 Å². The van der Waals surface area contributed by atoms with Gasteiger partial charge in [0.1, 0.15) is 0 Å². The molecule has 2 aromatic rings. The van der Waals surface area contributed by atoms with Gasteiger partial charge in [0, 0.05) is 41.7 Å². The van der Waals surface area contributed by atoms with Crippen LogP contribution in [0.4, 0.5) is 5.82 Å². The maximum absolute atomic E-state index is 11.8. The summed E-state index contributed by atoms with van der Waals surface area (Å²) < 4.78 is 6.14. The number of nitrogens with one attached hydrogen (secondary N) is 1. The van der Waals surface area contributed by atoms with Gasteiger partial charge in [-0.3, -0.25) is 9.48 Å². The van der Waals surface area contributed by atoms with Crippen LogP contribution in [0.3, 0.4) is 0 Å². The number of amides is 1. The smallest absolute Gasteiger partial charge is 0.226 e. The normalized spacial score (nSPS) is 18.2. The number of hydrogen-bond donors (Lipinski definition) is 1. The zero-order valence-electron chi connectivity index (χ0n) is 11.0.